The fourth-order valence-corrected chi connectivity index (χ4v) is 4.69. The predicted molar refractivity (Wildman–Crippen MR) is 116 cm³/mol. The number of nitrogens with zero attached hydrogens (tertiary/aromatic N) is 3. The van der Waals surface area contributed by atoms with Crippen LogP contribution in [0.5, 0.6) is 0 Å². The quantitative estimate of drug-likeness (QED) is 0.650. The average Bonchev–Trinajstić information content (AvgIpc) is 3.22. The van der Waals surface area contributed by atoms with Gasteiger partial charge < -0.3 is 10.0 Å². The molecule has 0 radical (unpaired) electrons. The highest BCUT2D eigenvalue weighted by atomic mass is 32.1. The molecule has 0 unspecified atom stereocenters. The fourth-order valence-electron chi connectivity index (χ4n) is 3.74. The third-order valence-electron chi connectivity index (χ3n) is 5.35. The number of halogens is 1. The molecule has 1 aromatic heterocycles. The molecular weight excluding hydrogens is 397 g/mol. The first-order valence-electron chi connectivity index (χ1n) is 9.76. The Hall–Kier alpha value is -3.19. The van der Waals surface area contributed by atoms with Crippen LogP contribution in [0.15, 0.2) is 54.7 Å². The van der Waals surface area contributed by atoms with Crippen LogP contribution in [0.3, 0.4) is 0 Å². The topological polar surface area (TPSA) is 60.2 Å². The Morgan fingerprint density at radius 2 is 1.93 bits per heavy atom. The van der Waals surface area contributed by atoms with Crippen molar-refractivity contribution in [2.24, 2.45) is 0 Å². The molecule has 1 aliphatic heterocycles. The van der Waals surface area contributed by atoms with Crippen LogP contribution < -0.4 is 4.90 Å². The smallest absolute Gasteiger partial charge is 0.186 e. The summed E-state index contributed by atoms with van der Waals surface area (Å²) < 4.78 is 13.7. The molecule has 3 atom stereocenters. The Labute approximate surface area is 179 Å². The van der Waals surface area contributed by atoms with Gasteiger partial charge in [0.25, 0.3) is 0 Å². The number of rotatable bonds is 4. The van der Waals surface area contributed by atoms with Gasteiger partial charge in [0.05, 0.1) is 24.3 Å². The number of hydrogen-bond donors (Lipinski definition) is 1. The Morgan fingerprint density at radius 1 is 1.17 bits per heavy atom. The largest absolute Gasteiger partial charge is 0.394 e. The summed E-state index contributed by atoms with van der Waals surface area (Å²) in [4.78, 5) is 7.51. The lowest BCUT2D eigenvalue weighted by Gasteiger charge is -2.51. The molecule has 2 heterocycles. The highest BCUT2D eigenvalue weighted by Gasteiger charge is 2.50. The van der Waals surface area contributed by atoms with Crippen molar-refractivity contribution in [1.82, 2.24) is 4.98 Å². The maximum Gasteiger partial charge on any atom is 0.186 e. The average molecular weight is 418 g/mol. The minimum atomic E-state index is -0.381. The Bertz CT molecular complexity index is 1140. The van der Waals surface area contributed by atoms with Crippen molar-refractivity contribution in [2.75, 3.05) is 11.5 Å². The Morgan fingerprint density at radius 3 is 2.57 bits per heavy atom. The normalized spacial score (nSPS) is 20.1. The molecule has 3 aromatic rings. The highest BCUT2D eigenvalue weighted by molar-refractivity contribution is 7.15. The van der Waals surface area contributed by atoms with Gasteiger partial charge in [0, 0.05) is 22.6 Å². The predicted octanol–water partition coefficient (Wildman–Crippen LogP) is 4.10. The summed E-state index contributed by atoms with van der Waals surface area (Å²) in [5, 5.41) is 20.5. The zero-order chi connectivity index (χ0) is 21.1. The van der Waals surface area contributed by atoms with Crippen LogP contribution in [0.2, 0.25) is 0 Å². The summed E-state index contributed by atoms with van der Waals surface area (Å²) in [6.07, 6.45) is 2.73. The molecule has 0 spiro atoms. The van der Waals surface area contributed by atoms with Gasteiger partial charge in [0.15, 0.2) is 5.13 Å². The van der Waals surface area contributed by atoms with Gasteiger partial charge in [-0.05, 0) is 36.2 Å². The lowest BCUT2D eigenvalue weighted by atomic mass is 9.76. The van der Waals surface area contributed by atoms with Crippen LogP contribution in [0, 0.1) is 29.0 Å². The number of aliphatic hydroxyl groups is 1. The van der Waals surface area contributed by atoms with Gasteiger partial charge in [-0.25, -0.2) is 9.37 Å². The minimum absolute atomic E-state index is 0.0568. The minimum Gasteiger partial charge on any atom is -0.394 e. The van der Waals surface area contributed by atoms with Crippen molar-refractivity contribution in [2.45, 2.75) is 31.3 Å². The first-order valence-corrected chi connectivity index (χ1v) is 10.6. The number of nitriles is 1. The van der Waals surface area contributed by atoms with E-state index in [2.05, 4.69) is 29.8 Å². The van der Waals surface area contributed by atoms with Crippen LogP contribution in [0.1, 0.15) is 34.4 Å². The van der Waals surface area contributed by atoms with E-state index in [-0.39, 0.29) is 30.4 Å². The SMILES string of the molecule is CCc1cnc(N2[C@@H](C#N)[C@@H](c3ccc(C#Cc4ccccc4F)cc3)[C@@H]2CO)s1. The van der Waals surface area contributed by atoms with Crippen LogP contribution in [0.25, 0.3) is 0 Å². The number of aryl methyl sites for hydroxylation is 1. The molecule has 1 saturated heterocycles. The molecule has 1 N–H and O–H groups in total. The number of hydrogen-bond acceptors (Lipinski definition) is 5. The van der Waals surface area contributed by atoms with E-state index in [1.807, 2.05) is 35.4 Å². The summed E-state index contributed by atoms with van der Waals surface area (Å²) >= 11 is 1.56. The van der Waals surface area contributed by atoms with Crippen molar-refractivity contribution in [3.05, 3.63) is 82.1 Å². The number of aliphatic hydroxyl groups excluding tert-OH is 1. The molecule has 6 heteroatoms. The van der Waals surface area contributed by atoms with Gasteiger partial charge in [-0.2, -0.15) is 5.26 Å². The van der Waals surface area contributed by atoms with E-state index in [1.54, 1.807) is 29.5 Å². The fraction of sp³-hybridized carbons (Fsp3) is 0.250. The lowest BCUT2D eigenvalue weighted by Crippen LogP contribution is -2.63. The molecule has 1 aliphatic rings. The summed E-state index contributed by atoms with van der Waals surface area (Å²) in [6, 6.07) is 15.8. The van der Waals surface area contributed by atoms with Crippen LogP contribution >= 0.6 is 11.3 Å². The molecule has 0 aliphatic carbocycles. The second-order valence-electron chi connectivity index (χ2n) is 7.07. The Balaban J connectivity index is 1.55. The summed E-state index contributed by atoms with van der Waals surface area (Å²) in [7, 11) is 0. The molecule has 0 amide bonds. The monoisotopic (exact) mass is 417 g/mol. The third-order valence-corrected chi connectivity index (χ3v) is 6.51. The molecule has 30 heavy (non-hydrogen) atoms. The van der Waals surface area contributed by atoms with E-state index in [0.29, 0.717) is 5.56 Å². The molecule has 4 nitrogen and oxygen atoms in total. The van der Waals surface area contributed by atoms with Gasteiger partial charge in [0.2, 0.25) is 0 Å². The van der Waals surface area contributed by atoms with Crippen molar-refractivity contribution in [1.29, 1.82) is 5.26 Å². The highest BCUT2D eigenvalue weighted by Crippen LogP contribution is 2.44. The van der Waals surface area contributed by atoms with Crippen LogP contribution in [-0.2, 0) is 6.42 Å². The summed E-state index contributed by atoms with van der Waals surface area (Å²) in [5.41, 5.74) is 2.09. The van der Waals surface area contributed by atoms with Crippen molar-refractivity contribution in [3.8, 4) is 17.9 Å². The van der Waals surface area contributed by atoms with E-state index in [4.69, 9.17) is 0 Å². The first kappa shape index (κ1) is 20.1. The maximum absolute atomic E-state index is 13.7. The number of anilines is 1. The molecular formula is C24H20FN3OS. The van der Waals surface area contributed by atoms with E-state index in [1.165, 1.54) is 6.07 Å². The van der Waals surface area contributed by atoms with E-state index >= 15 is 0 Å². The van der Waals surface area contributed by atoms with Crippen molar-refractivity contribution in [3.63, 3.8) is 0 Å². The lowest BCUT2D eigenvalue weighted by molar-refractivity contribution is 0.187. The van der Waals surface area contributed by atoms with Crippen LogP contribution in [0.4, 0.5) is 9.52 Å². The van der Waals surface area contributed by atoms with Crippen molar-refractivity contribution < 1.29 is 9.50 Å². The third kappa shape index (κ3) is 3.68. The van der Waals surface area contributed by atoms with E-state index < -0.39 is 0 Å². The molecule has 1 fully saturated rings. The zero-order valence-corrected chi connectivity index (χ0v) is 17.2. The standard InChI is InChI=1S/C24H20FN3OS/c1-2-19-14-27-24(30-19)28-21(13-26)23(22(28)15-29)18-11-8-16(9-12-18)7-10-17-5-3-4-6-20(17)25/h3-6,8-9,11-12,14,21-23,29H,2,15H2,1H3/t21-,22-,23+/m0/s1. The number of aromatic nitrogens is 1. The van der Waals surface area contributed by atoms with Gasteiger partial charge >= 0.3 is 0 Å². The summed E-state index contributed by atoms with van der Waals surface area (Å²) in [6.45, 7) is 2.01. The molecule has 0 saturated carbocycles. The number of thiazole rings is 1. The van der Waals surface area contributed by atoms with Gasteiger partial charge in [-0.1, -0.05) is 43.0 Å². The first-order chi connectivity index (χ1) is 14.7. The van der Waals surface area contributed by atoms with Gasteiger partial charge in [-0.3, -0.25) is 0 Å². The molecule has 4 rings (SSSR count). The summed E-state index contributed by atoms with van der Waals surface area (Å²) in [5.74, 6) is 5.38. The Kier molecular flexibility index (Phi) is 5.81. The van der Waals surface area contributed by atoms with Gasteiger partial charge in [0.1, 0.15) is 11.9 Å². The zero-order valence-electron chi connectivity index (χ0n) is 16.4. The van der Waals surface area contributed by atoms with Gasteiger partial charge in [-0.15, -0.1) is 11.3 Å². The number of benzene rings is 2. The van der Waals surface area contributed by atoms with E-state index in [9.17, 15) is 14.8 Å². The molecule has 150 valence electrons. The second kappa shape index (κ2) is 8.67. The van der Waals surface area contributed by atoms with Crippen molar-refractivity contribution >= 4 is 16.5 Å². The molecule has 2 aromatic carbocycles. The second-order valence-corrected chi connectivity index (χ2v) is 8.17. The van der Waals surface area contributed by atoms with Crippen LogP contribution in [-0.4, -0.2) is 28.8 Å². The van der Waals surface area contributed by atoms with E-state index in [0.717, 1.165) is 27.6 Å². The molecule has 0 bridgehead atoms. The maximum atomic E-state index is 13.7.